The Morgan fingerprint density at radius 2 is 2.18 bits per heavy atom. The number of rotatable bonds is 4. The van der Waals surface area contributed by atoms with Crippen molar-refractivity contribution in [1.29, 1.82) is 0 Å². The Morgan fingerprint density at radius 1 is 1.35 bits per heavy atom. The molecule has 0 saturated carbocycles. The van der Waals surface area contributed by atoms with Crippen molar-refractivity contribution >= 4 is 39.0 Å². The number of thiophene rings is 1. The quantitative estimate of drug-likeness (QED) is 0.853. The lowest BCUT2D eigenvalue weighted by Gasteiger charge is -2.15. The van der Waals surface area contributed by atoms with Gasteiger partial charge in [-0.15, -0.1) is 11.3 Å². The molecule has 0 amide bonds. The topological polar surface area (TPSA) is 12.0 Å². The molecule has 2 aromatic rings. The number of halogens is 1. The van der Waals surface area contributed by atoms with Gasteiger partial charge in [-0.25, -0.2) is 0 Å². The van der Waals surface area contributed by atoms with Crippen molar-refractivity contribution in [2.45, 2.75) is 22.1 Å². The van der Waals surface area contributed by atoms with Crippen LogP contribution in [-0.2, 0) is 0 Å². The van der Waals surface area contributed by atoms with Crippen LogP contribution in [0.2, 0.25) is 0 Å². The minimum Gasteiger partial charge on any atom is -0.313 e. The maximum atomic E-state index is 3.54. The monoisotopic (exact) mass is 327 g/mol. The fourth-order valence-corrected chi connectivity index (χ4v) is 3.84. The van der Waals surface area contributed by atoms with Gasteiger partial charge < -0.3 is 5.32 Å². The lowest BCUT2D eigenvalue weighted by molar-refractivity contribution is 0.641. The first-order valence-electron chi connectivity index (χ1n) is 5.39. The fraction of sp³-hybridized carbons (Fsp3) is 0.231. The van der Waals surface area contributed by atoms with E-state index in [1.165, 1.54) is 14.7 Å². The Hall–Kier alpha value is -0.290. The highest BCUT2D eigenvalue weighted by atomic mass is 79.9. The third-order valence-corrected chi connectivity index (χ3v) is 5.20. The van der Waals surface area contributed by atoms with Crippen molar-refractivity contribution in [2.24, 2.45) is 0 Å². The van der Waals surface area contributed by atoms with Gasteiger partial charge in [0.05, 0.1) is 4.21 Å². The molecule has 0 saturated heterocycles. The lowest BCUT2D eigenvalue weighted by atomic mass is 10.1. The van der Waals surface area contributed by atoms with Gasteiger partial charge in [0, 0.05) is 15.4 Å². The van der Waals surface area contributed by atoms with Crippen LogP contribution in [0.15, 0.2) is 49.3 Å². The van der Waals surface area contributed by atoms with E-state index >= 15 is 0 Å². The van der Waals surface area contributed by atoms with Gasteiger partial charge >= 0.3 is 0 Å². The minimum atomic E-state index is 0.356. The van der Waals surface area contributed by atoms with Crippen molar-refractivity contribution in [3.63, 3.8) is 0 Å². The largest absolute Gasteiger partial charge is 0.313 e. The molecule has 1 heterocycles. The van der Waals surface area contributed by atoms with Crippen LogP contribution in [0.1, 0.15) is 18.5 Å². The summed E-state index contributed by atoms with van der Waals surface area (Å²) in [6, 6.07) is 11.1. The zero-order valence-corrected chi connectivity index (χ0v) is 13.0. The SMILES string of the molecule is CNC(C)c1cc(Br)ccc1Sc1cccs1. The van der Waals surface area contributed by atoms with Gasteiger partial charge in [-0.1, -0.05) is 33.8 Å². The molecule has 1 aromatic heterocycles. The summed E-state index contributed by atoms with van der Waals surface area (Å²) in [5.74, 6) is 0. The van der Waals surface area contributed by atoms with Crippen molar-refractivity contribution in [1.82, 2.24) is 5.32 Å². The predicted molar refractivity (Wildman–Crippen MR) is 80.1 cm³/mol. The number of hydrogen-bond acceptors (Lipinski definition) is 3. The van der Waals surface area contributed by atoms with E-state index in [1.54, 1.807) is 11.3 Å². The fourth-order valence-electron chi connectivity index (χ4n) is 1.54. The molecule has 0 aliphatic heterocycles. The number of benzene rings is 1. The Balaban J connectivity index is 2.32. The van der Waals surface area contributed by atoms with E-state index in [4.69, 9.17) is 0 Å². The zero-order chi connectivity index (χ0) is 12.3. The molecule has 0 radical (unpaired) electrons. The number of hydrogen-bond donors (Lipinski definition) is 1. The zero-order valence-electron chi connectivity index (χ0n) is 9.74. The average Bonchev–Trinajstić information content (AvgIpc) is 2.83. The van der Waals surface area contributed by atoms with E-state index in [1.807, 2.05) is 18.8 Å². The summed E-state index contributed by atoms with van der Waals surface area (Å²) in [5.41, 5.74) is 1.33. The van der Waals surface area contributed by atoms with Crippen LogP contribution in [0.5, 0.6) is 0 Å². The Labute approximate surface area is 119 Å². The Bertz CT molecular complexity index is 482. The Morgan fingerprint density at radius 3 is 2.82 bits per heavy atom. The molecule has 0 fully saturated rings. The van der Waals surface area contributed by atoms with Gasteiger partial charge in [0.15, 0.2) is 0 Å². The smallest absolute Gasteiger partial charge is 0.0646 e. The Kier molecular flexibility index (Phi) is 4.68. The molecule has 0 bridgehead atoms. The summed E-state index contributed by atoms with van der Waals surface area (Å²) in [6.45, 7) is 2.18. The molecule has 0 spiro atoms. The first kappa shape index (κ1) is 13.1. The molecule has 1 atom stereocenters. The minimum absolute atomic E-state index is 0.356. The molecule has 4 heteroatoms. The van der Waals surface area contributed by atoms with Gasteiger partial charge in [0.25, 0.3) is 0 Å². The summed E-state index contributed by atoms with van der Waals surface area (Å²) >= 11 is 7.15. The van der Waals surface area contributed by atoms with E-state index in [0.29, 0.717) is 6.04 Å². The molecule has 1 nitrogen and oxygen atoms in total. The van der Waals surface area contributed by atoms with Crippen LogP contribution in [0.25, 0.3) is 0 Å². The summed E-state index contributed by atoms with van der Waals surface area (Å²) in [6.07, 6.45) is 0. The van der Waals surface area contributed by atoms with E-state index in [-0.39, 0.29) is 0 Å². The van der Waals surface area contributed by atoms with Gasteiger partial charge in [0.1, 0.15) is 0 Å². The molecule has 1 unspecified atom stereocenters. The summed E-state index contributed by atoms with van der Waals surface area (Å²) < 4.78 is 2.46. The molecular formula is C13H14BrNS2. The maximum absolute atomic E-state index is 3.54. The van der Waals surface area contributed by atoms with Gasteiger partial charge in [-0.05, 0) is 49.2 Å². The standard InChI is InChI=1S/C13H14BrNS2/c1-9(15-2)11-8-10(14)5-6-12(11)17-13-4-3-7-16-13/h3-9,15H,1-2H3. The normalized spacial score (nSPS) is 12.6. The third-order valence-electron chi connectivity index (χ3n) is 2.58. The molecule has 2 rings (SSSR count). The van der Waals surface area contributed by atoms with Crippen LogP contribution in [0.3, 0.4) is 0 Å². The van der Waals surface area contributed by atoms with E-state index in [2.05, 4.69) is 63.9 Å². The van der Waals surface area contributed by atoms with Gasteiger partial charge in [-0.3, -0.25) is 0 Å². The molecule has 1 aromatic carbocycles. The van der Waals surface area contributed by atoms with E-state index in [9.17, 15) is 0 Å². The molecule has 90 valence electrons. The molecule has 1 N–H and O–H groups in total. The molecular weight excluding hydrogens is 314 g/mol. The second kappa shape index (κ2) is 6.05. The van der Waals surface area contributed by atoms with Crippen molar-refractivity contribution in [3.05, 3.63) is 45.7 Å². The molecule has 0 aliphatic rings. The maximum Gasteiger partial charge on any atom is 0.0646 e. The first-order chi connectivity index (χ1) is 8.20. The highest BCUT2D eigenvalue weighted by Crippen LogP contribution is 2.36. The van der Waals surface area contributed by atoms with Crippen molar-refractivity contribution < 1.29 is 0 Å². The highest BCUT2D eigenvalue weighted by molar-refractivity contribution is 9.10. The average molecular weight is 328 g/mol. The van der Waals surface area contributed by atoms with Crippen LogP contribution in [0.4, 0.5) is 0 Å². The van der Waals surface area contributed by atoms with E-state index < -0.39 is 0 Å². The number of nitrogens with one attached hydrogen (secondary N) is 1. The second-order valence-electron chi connectivity index (χ2n) is 3.73. The predicted octanol–water partition coefficient (Wildman–Crippen LogP) is 4.94. The van der Waals surface area contributed by atoms with Gasteiger partial charge in [-0.2, -0.15) is 0 Å². The van der Waals surface area contributed by atoms with Crippen LogP contribution in [0, 0.1) is 0 Å². The third kappa shape index (κ3) is 3.35. The van der Waals surface area contributed by atoms with Crippen molar-refractivity contribution in [3.8, 4) is 0 Å². The summed E-state index contributed by atoms with van der Waals surface area (Å²) in [4.78, 5) is 1.32. The lowest BCUT2D eigenvalue weighted by Crippen LogP contribution is -2.13. The molecule has 0 aliphatic carbocycles. The second-order valence-corrected chi connectivity index (χ2v) is 6.93. The van der Waals surface area contributed by atoms with Crippen molar-refractivity contribution in [2.75, 3.05) is 7.05 Å². The van der Waals surface area contributed by atoms with Crippen LogP contribution >= 0.6 is 39.0 Å². The first-order valence-corrected chi connectivity index (χ1v) is 7.87. The highest BCUT2D eigenvalue weighted by Gasteiger charge is 2.11. The van der Waals surface area contributed by atoms with Gasteiger partial charge in [0.2, 0.25) is 0 Å². The molecule has 17 heavy (non-hydrogen) atoms. The van der Waals surface area contributed by atoms with Crippen LogP contribution < -0.4 is 5.32 Å². The van der Waals surface area contributed by atoms with Crippen LogP contribution in [-0.4, -0.2) is 7.05 Å². The van der Waals surface area contributed by atoms with E-state index in [0.717, 1.165) is 4.47 Å². The summed E-state index contributed by atoms with van der Waals surface area (Å²) in [7, 11) is 1.99. The summed E-state index contributed by atoms with van der Waals surface area (Å²) in [5, 5.41) is 5.41.